The summed E-state index contributed by atoms with van der Waals surface area (Å²) >= 11 is 6.91. The molecule has 2 aromatic carbocycles. The number of ether oxygens (including phenoxy) is 1. The lowest BCUT2D eigenvalue weighted by atomic mass is 9.93. The van der Waals surface area contributed by atoms with Gasteiger partial charge in [0.15, 0.2) is 0 Å². The van der Waals surface area contributed by atoms with Crippen LogP contribution in [0.25, 0.3) is 22.0 Å². The predicted octanol–water partition coefficient (Wildman–Crippen LogP) is 4.80. The number of nitrogens with zero attached hydrogens (tertiary/aromatic N) is 3. The van der Waals surface area contributed by atoms with E-state index in [4.69, 9.17) is 21.3 Å². The van der Waals surface area contributed by atoms with Crippen LogP contribution < -0.4 is 15.4 Å². The van der Waals surface area contributed by atoms with E-state index in [9.17, 15) is 4.79 Å². The first-order valence-corrected chi connectivity index (χ1v) is 13.5. The Balaban J connectivity index is 1.34. The molecular weight excluding hydrogens is 486 g/mol. The van der Waals surface area contributed by atoms with Gasteiger partial charge in [-0.15, -0.1) is 0 Å². The van der Waals surface area contributed by atoms with Crippen molar-refractivity contribution in [3.8, 4) is 17.1 Å². The predicted molar refractivity (Wildman–Crippen MR) is 147 cm³/mol. The molecule has 2 unspecified atom stereocenters. The van der Waals surface area contributed by atoms with E-state index in [-0.39, 0.29) is 5.91 Å². The summed E-state index contributed by atoms with van der Waals surface area (Å²) in [5, 5.41) is 7.62. The van der Waals surface area contributed by atoms with E-state index in [1.807, 2.05) is 6.07 Å². The summed E-state index contributed by atoms with van der Waals surface area (Å²) in [5.41, 5.74) is 5.91. The number of benzene rings is 2. The highest BCUT2D eigenvalue weighted by Crippen LogP contribution is 2.59. The van der Waals surface area contributed by atoms with Crippen LogP contribution >= 0.6 is 11.6 Å². The topological polar surface area (TPSA) is 79.4 Å². The van der Waals surface area contributed by atoms with Gasteiger partial charge in [-0.1, -0.05) is 36.4 Å². The maximum Gasteiger partial charge on any atom is 0.318 e. The summed E-state index contributed by atoms with van der Waals surface area (Å²) in [6.07, 6.45) is 6.00. The van der Waals surface area contributed by atoms with Crippen molar-refractivity contribution >= 4 is 34.2 Å². The van der Waals surface area contributed by atoms with Crippen LogP contribution in [0.5, 0.6) is 6.01 Å². The molecule has 1 aromatic heterocycles. The lowest BCUT2D eigenvalue weighted by molar-refractivity contribution is -0.116. The van der Waals surface area contributed by atoms with E-state index < -0.39 is 0 Å². The van der Waals surface area contributed by atoms with Gasteiger partial charge in [0.05, 0.1) is 5.52 Å². The summed E-state index contributed by atoms with van der Waals surface area (Å²) in [5.74, 6) is 1.89. The van der Waals surface area contributed by atoms with Gasteiger partial charge in [0.25, 0.3) is 0 Å². The highest BCUT2D eigenvalue weighted by atomic mass is 35.5. The van der Waals surface area contributed by atoms with E-state index in [1.54, 1.807) is 0 Å². The molecular formula is C29H32ClN5O2. The van der Waals surface area contributed by atoms with Crippen LogP contribution in [0.15, 0.2) is 43.0 Å². The molecule has 2 heterocycles. The van der Waals surface area contributed by atoms with Gasteiger partial charge in [0.1, 0.15) is 12.4 Å². The third kappa shape index (κ3) is 4.78. The van der Waals surface area contributed by atoms with Crippen LogP contribution in [0, 0.1) is 5.92 Å². The van der Waals surface area contributed by atoms with Crippen LogP contribution in [0.4, 0.5) is 5.82 Å². The smallest absolute Gasteiger partial charge is 0.318 e. The minimum atomic E-state index is -0.208. The third-order valence-corrected chi connectivity index (χ3v) is 8.32. The molecule has 2 aliphatic carbocycles. The number of nitrogens with one attached hydrogen (secondary N) is 2. The maximum atomic E-state index is 11.5. The second kappa shape index (κ2) is 9.95. The first-order valence-electron chi connectivity index (χ1n) is 13.1. The lowest BCUT2D eigenvalue weighted by Gasteiger charge is -2.19. The number of anilines is 1. The Morgan fingerprint density at radius 3 is 2.97 bits per heavy atom. The zero-order valence-corrected chi connectivity index (χ0v) is 21.9. The number of likely N-dealkylation sites (tertiary alicyclic amines) is 1. The average molecular weight is 518 g/mol. The van der Waals surface area contributed by atoms with Crippen molar-refractivity contribution in [2.45, 2.75) is 37.6 Å². The summed E-state index contributed by atoms with van der Waals surface area (Å²) in [4.78, 5) is 23.3. The van der Waals surface area contributed by atoms with E-state index in [1.165, 1.54) is 42.0 Å². The molecule has 1 aliphatic heterocycles. The van der Waals surface area contributed by atoms with Gasteiger partial charge in [0.2, 0.25) is 5.91 Å². The Labute approximate surface area is 222 Å². The van der Waals surface area contributed by atoms with Crippen LogP contribution in [-0.2, 0) is 11.2 Å². The largest absolute Gasteiger partial charge is 0.462 e. The fraction of sp³-hybridized carbons (Fsp3) is 0.414. The van der Waals surface area contributed by atoms with Crippen molar-refractivity contribution in [1.29, 1.82) is 0 Å². The first-order chi connectivity index (χ1) is 18.0. The molecule has 2 N–H and O–H groups in total. The molecule has 3 aliphatic rings. The van der Waals surface area contributed by atoms with Gasteiger partial charge < -0.3 is 20.3 Å². The molecule has 192 valence electrons. The monoisotopic (exact) mass is 517 g/mol. The van der Waals surface area contributed by atoms with Gasteiger partial charge in [-0.05, 0) is 86.0 Å². The van der Waals surface area contributed by atoms with E-state index in [0.29, 0.717) is 48.5 Å². The Morgan fingerprint density at radius 1 is 1.27 bits per heavy atom. The zero-order chi connectivity index (χ0) is 25.5. The lowest BCUT2D eigenvalue weighted by Crippen LogP contribution is -2.31. The Morgan fingerprint density at radius 2 is 2.16 bits per heavy atom. The van der Waals surface area contributed by atoms with Crippen molar-refractivity contribution in [1.82, 2.24) is 20.2 Å². The van der Waals surface area contributed by atoms with Crippen LogP contribution in [-0.4, -0.2) is 60.1 Å². The van der Waals surface area contributed by atoms with E-state index in [2.05, 4.69) is 58.4 Å². The highest BCUT2D eigenvalue weighted by molar-refractivity contribution is 6.34. The Bertz CT molecular complexity index is 1380. The van der Waals surface area contributed by atoms with Crippen molar-refractivity contribution in [3.05, 3.63) is 59.1 Å². The second-order valence-electron chi connectivity index (χ2n) is 10.4. The van der Waals surface area contributed by atoms with Gasteiger partial charge in [-0.3, -0.25) is 4.79 Å². The second-order valence-corrected chi connectivity index (χ2v) is 10.8. The Hall–Kier alpha value is -3.16. The first kappa shape index (κ1) is 24.2. The van der Waals surface area contributed by atoms with Crippen LogP contribution in [0.1, 0.15) is 36.3 Å². The number of carbonyl (C=O) groups excluding carboxylic acids is 1. The SMILES string of the molecule is C=CC(=O)NCCNc1nc(OC[C@@H]2CCCN2C)nc2cc(-c3cccc4c3C3CC3C4)c(Cl)cc12. The van der Waals surface area contributed by atoms with E-state index >= 15 is 0 Å². The molecule has 0 spiro atoms. The van der Waals surface area contributed by atoms with Crippen molar-refractivity contribution in [3.63, 3.8) is 0 Å². The number of amides is 1. The van der Waals surface area contributed by atoms with Crippen molar-refractivity contribution in [2.75, 3.05) is 38.6 Å². The molecule has 7 nitrogen and oxygen atoms in total. The van der Waals surface area contributed by atoms with Crippen molar-refractivity contribution in [2.24, 2.45) is 5.92 Å². The standard InChI is InChI=1S/C29H32ClN5O2/c1-3-26(36)31-9-10-32-28-23-14-24(30)22(20-8-4-6-17-12-18-13-21(18)27(17)20)15-25(23)33-29(34-28)37-16-19-7-5-11-35(19)2/h3-4,6,8,14-15,18-19,21H,1,5,7,9-13,16H2,2H3,(H,31,36)(H,32,33,34)/t18?,19-,21?/m0/s1. The third-order valence-electron chi connectivity index (χ3n) is 8.00. The molecule has 3 aromatic rings. The van der Waals surface area contributed by atoms with Crippen LogP contribution in [0.3, 0.4) is 0 Å². The number of aromatic nitrogens is 2. The number of hydrogen-bond acceptors (Lipinski definition) is 6. The molecule has 1 saturated heterocycles. The number of rotatable bonds is 9. The number of fused-ring (bicyclic) bond motifs is 4. The summed E-state index contributed by atoms with van der Waals surface area (Å²) in [6, 6.07) is 11.3. The summed E-state index contributed by atoms with van der Waals surface area (Å²) in [6.45, 7) is 6.05. The molecule has 1 amide bonds. The highest BCUT2D eigenvalue weighted by Gasteiger charge is 2.46. The minimum absolute atomic E-state index is 0.208. The number of likely N-dealkylation sites (N-methyl/N-ethyl adjacent to an activating group) is 1. The maximum absolute atomic E-state index is 11.5. The molecule has 37 heavy (non-hydrogen) atoms. The molecule has 6 rings (SSSR count). The normalized spacial score (nSPS) is 21.9. The van der Waals surface area contributed by atoms with Gasteiger partial charge in [0, 0.05) is 35.1 Å². The fourth-order valence-electron chi connectivity index (χ4n) is 5.91. The Kier molecular flexibility index (Phi) is 6.51. The molecule has 2 fully saturated rings. The fourth-order valence-corrected chi connectivity index (χ4v) is 6.17. The molecule has 0 radical (unpaired) electrons. The van der Waals surface area contributed by atoms with Gasteiger partial charge >= 0.3 is 6.01 Å². The van der Waals surface area contributed by atoms with Gasteiger partial charge in [-0.25, -0.2) is 0 Å². The number of halogens is 1. The summed E-state index contributed by atoms with van der Waals surface area (Å²) in [7, 11) is 2.13. The zero-order valence-electron chi connectivity index (χ0n) is 21.1. The quantitative estimate of drug-likeness (QED) is 0.313. The molecule has 3 atom stereocenters. The van der Waals surface area contributed by atoms with Gasteiger partial charge in [-0.2, -0.15) is 9.97 Å². The molecule has 0 bridgehead atoms. The van der Waals surface area contributed by atoms with Crippen molar-refractivity contribution < 1.29 is 9.53 Å². The number of hydrogen-bond donors (Lipinski definition) is 2. The summed E-state index contributed by atoms with van der Waals surface area (Å²) < 4.78 is 6.12. The van der Waals surface area contributed by atoms with Crippen LogP contribution in [0.2, 0.25) is 5.02 Å². The molecule has 8 heteroatoms. The molecule has 1 saturated carbocycles. The number of carbonyl (C=O) groups is 1. The van der Waals surface area contributed by atoms with E-state index in [0.717, 1.165) is 35.3 Å². The minimum Gasteiger partial charge on any atom is -0.462 e. The average Bonchev–Trinajstić information content (AvgIpc) is 3.37.